The average molecular weight is 309 g/mol. The topological polar surface area (TPSA) is 84.2 Å². The summed E-state index contributed by atoms with van der Waals surface area (Å²) in [6, 6.07) is 7.44. The van der Waals surface area contributed by atoms with Gasteiger partial charge in [-0.25, -0.2) is 13.1 Å². The summed E-state index contributed by atoms with van der Waals surface area (Å²) in [6.45, 7) is 0. The van der Waals surface area contributed by atoms with E-state index < -0.39 is 10.0 Å². The van der Waals surface area contributed by atoms with E-state index in [4.69, 9.17) is 5.73 Å². The predicted octanol–water partition coefficient (Wildman–Crippen LogP) is 1.81. The highest BCUT2D eigenvalue weighted by Gasteiger charge is 2.30. The van der Waals surface area contributed by atoms with Crippen LogP contribution in [0.1, 0.15) is 38.5 Å². The van der Waals surface area contributed by atoms with Gasteiger partial charge in [-0.2, -0.15) is 0 Å². The number of hydrogen-bond donors (Lipinski definition) is 3. The molecule has 0 heterocycles. The Hall–Kier alpha value is -1.11. The van der Waals surface area contributed by atoms with E-state index in [1.54, 1.807) is 12.1 Å². The molecule has 2 saturated carbocycles. The molecule has 2 unspecified atom stereocenters. The van der Waals surface area contributed by atoms with Gasteiger partial charge in [0, 0.05) is 18.1 Å². The molecule has 21 heavy (non-hydrogen) atoms. The third kappa shape index (κ3) is 3.56. The minimum atomic E-state index is -3.45. The van der Waals surface area contributed by atoms with E-state index in [-0.39, 0.29) is 18.1 Å². The molecule has 0 aromatic heterocycles. The smallest absolute Gasteiger partial charge is 0.242 e. The normalized spacial score (nSPS) is 26.5. The van der Waals surface area contributed by atoms with Crippen molar-refractivity contribution in [3.05, 3.63) is 24.3 Å². The van der Waals surface area contributed by atoms with Gasteiger partial charge in [-0.3, -0.25) is 0 Å². The number of benzene rings is 1. The van der Waals surface area contributed by atoms with Gasteiger partial charge in [-0.1, -0.05) is 25.0 Å². The lowest BCUT2D eigenvalue weighted by atomic mass is 9.91. The van der Waals surface area contributed by atoms with Crippen molar-refractivity contribution in [3.8, 4) is 0 Å². The van der Waals surface area contributed by atoms with Crippen LogP contribution in [-0.2, 0) is 10.0 Å². The molecule has 1 aromatic carbocycles. The number of anilines is 1. The van der Waals surface area contributed by atoms with Crippen LogP contribution < -0.4 is 15.8 Å². The van der Waals surface area contributed by atoms with E-state index in [1.165, 1.54) is 0 Å². The summed E-state index contributed by atoms with van der Waals surface area (Å²) in [7, 11) is -3.45. The molecular formula is C15H23N3O2S. The van der Waals surface area contributed by atoms with Gasteiger partial charge in [0.1, 0.15) is 4.90 Å². The molecule has 2 aliphatic carbocycles. The SMILES string of the molecule is NC1CCCCC1Nc1ccccc1S(=O)(=O)NC1CC1. The Balaban J connectivity index is 1.81. The van der Waals surface area contributed by atoms with Crippen LogP contribution >= 0.6 is 0 Å². The van der Waals surface area contributed by atoms with Crippen LogP contribution in [0.5, 0.6) is 0 Å². The van der Waals surface area contributed by atoms with Crippen LogP contribution in [-0.4, -0.2) is 26.5 Å². The van der Waals surface area contributed by atoms with Gasteiger partial charge in [0.25, 0.3) is 0 Å². The van der Waals surface area contributed by atoms with E-state index in [2.05, 4.69) is 10.0 Å². The summed E-state index contributed by atoms with van der Waals surface area (Å²) in [5, 5.41) is 3.35. The van der Waals surface area contributed by atoms with Gasteiger partial charge < -0.3 is 11.1 Å². The Bertz CT molecular complexity index is 599. The maximum absolute atomic E-state index is 12.4. The van der Waals surface area contributed by atoms with Crippen LogP contribution in [0, 0.1) is 0 Å². The lowest BCUT2D eigenvalue weighted by Gasteiger charge is -2.30. The second kappa shape index (κ2) is 5.94. The van der Waals surface area contributed by atoms with Crippen LogP contribution in [0.4, 0.5) is 5.69 Å². The molecule has 2 atom stereocenters. The molecule has 0 amide bonds. The Kier molecular flexibility index (Phi) is 4.19. The molecule has 0 saturated heterocycles. The van der Waals surface area contributed by atoms with Crippen molar-refractivity contribution in [2.75, 3.05) is 5.32 Å². The predicted molar refractivity (Wildman–Crippen MR) is 83.6 cm³/mol. The minimum Gasteiger partial charge on any atom is -0.380 e. The molecule has 116 valence electrons. The zero-order valence-electron chi connectivity index (χ0n) is 12.1. The standard InChI is InChI=1S/C15H23N3O2S/c16-12-5-1-2-6-13(12)17-14-7-3-4-8-15(14)21(19,20)18-11-9-10-11/h3-4,7-8,11-13,17-18H,1-2,5-6,9-10,16H2. The molecule has 0 aliphatic heterocycles. The molecule has 2 aliphatic rings. The zero-order chi connectivity index (χ0) is 14.9. The lowest BCUT2D eigenvalue weighted by molar-refractivity contribution is 0.403. The van der Waals surface area contributed by atoms with E-state index in [0.29, 0.717) is 10.6 Å². The van der Waals surface area contributed by atoms with Crippen molar-refractivity contribution in [3.63, 3.8) is 0 Å². The summed E-state index contributed by atoms with van der Waals surface area (Å²) in [5.74, 6) is 0. The molecule has 1 aromatic rings. The van der Waals surface area contributed by atoms with Crippen LogP contribution in [0.2, 0.25) is 0 Å². The lowest BCUT2D eigenvalue weighted by Crippen LogP contribution is -2.43. The number of rotatable bonds is 5. The van der Waals surface area contributed by atoms with Crippen LogP contribution in [0.3, 0.4) is 0 Å². The van der Waals surface area contributed by atoms with Gasteiger partial charge in [0.05, 0.1) is 5.69 Å². The van der Waals surface area contributed by atoms with Crippen LogP contribution in [0.25, 0.3) is 0 Å². The highest BCUT2D eigenvalue weighted by atomic mass is 32.2. The fourth-order valence-electron chi connectivity index (χ4n) is 2.84. The molecule has 4 N–H and O–H groups in total. The Morgan fingerprint density at radius 2 is 1.76 bits per heavy atom. The van der Waals surface area contributed by atoms with Gasteiger partial charge in [0.15, 0.2) is 0 Å². The van der Waals surface area contributed by atoms with Crippen molar-refractivity contribution < 1.29 is 8.42 Å². The van der Waals surface area contributed by atoms with Gasteiger partial charge >= 0.3 is 0 Å². The van der Waals surface area contributed by atoms with Crippen molar-refractivity contribution in [2.24, 2.45) is 5.73 Å². The fraction of sp³-hybridized carbons (Fsp3) is 0.600. The molecule has 3 rings (SSSR count). The number of nitrogens with two attached hydrogens (primary N) is 1. The Labute approximate surface area is 126 Å². The maximum atomic E-state index is 12.4. The summed E-state index contributed by atoms with van der Waals surface area (Å²) in [6.07, 6.45) is 6.15. The molecule has 5 nitrogen and oxygen atoms in total. The first-order chi connectivity index (χ1) is 10.1. The highest BCUT2D eigenvalue weighted by molar-refractivity contribution is 7.89. The molecule has 0 bridgehead atoms. The zero-order valence-corrected chi connectivity index (χ0v) is 12.9. The number of para-hydroxylation sites is 1. The monoisotopic (exact) mass is 309 g/mol. The van der Waals surface area contributed by atoms with Crippen molar-refractivity contribution in [1.29, 1.82) is 0 Å². The van der Waals surface area contributed by atoms with E-state index >= 15 is 0 Å². The van der Waals surface area contributed by atoms with Gasteiger partial charge in [0.2, 0.25) is 10.0 Å². The Morgan fingerprint density at radius 1 is 1.05 bits per heavy atom. The number of sulfonamides is 1. The van der Waals surface area contributed by atoms with Crippen molar-refractivity contribution in [2.45, 2.75) is 61.5 Å². The van der Waals surface area contributed by atoms with E-state index in [1.807, 2.05) is 12.1 Å². The first-order valence-corrected chi connectivity index (χ1v) is 9.18. The Morgan fingerprint density at radius 3 is 2.48 bits per heavy atom. The average Bonchev–Trinajstić information content (AvgIpc) is 3.25. The highest BCUT2D eigenvalue weighted by Crippen LogP contribution is 2.28. The molecule has 2 fully saturated rings. The number of nitrogens with one attached hydrogen (secondary N) is 2. The maximum Gasteiger partial charge on any atom is 0.242 e. The second-order valence-corrected chi connectivity index (χ2v) is 7.77. The summed E-state index contributed by atoms with van der Waals surface area (Å²) < 4.78 is 27.6. The van der Waals surface area contributed by atoms with Crippen molar-refractivity contribution >= 4 is 15.7 Å². The molecule has 6 heteroatoms. The molecule has 0 spiro atoms. The third-order valence-electron chi connectivity index (χ3n) is 4.24. The summed E-state index contributed by atoms with van der Waals surface area (Å²) >= 11 is 0. The first-order valence-electron chi connectivity index (χ1n) is 7.70. The first kappa shape index (κ1) is 14.8. The number of hydrogen-bond acceptors (Lipinski definition) is 4. The van der Waals surface area contributed by atoms with Crippen LogP contribution in [0.15, 0.2) is 29.2 Å². The minimum absolute atomic E-state index is 0.0888. The van der Waals surface area contributed by atoms with E-state index in [0.717, 1.165) is 38.5 Å². The molecule has 0 radical (unpaired) electrons. The second-order valence-electron chi connectivity index (χ2n) is 6.09. The van der Waals surface area contributed by atoms with Gasteiger partial charge in [-0.05, 0) is 37.8 Å². The van der Waals surface area contributed by atoms with Gasteiger partial charge in [-0.15, -0.1) is 0 Å². The third-order valence-corrected chi connectivity index (χ3v) is 5.81. The fourth-order valence-corrected chi connectivity index (χ4v) is 4.32. The summed E-state index contributed by atoms with van der Waals surface area (Å²) in [4.78, 5) is 0.328. The van der Waals surface area contributed by atoms with Crippen molar-refractivity contribution in [1.82, 2.24) is 4.72 Å². The molecular weight excluding hydrogens is 286 g/mol. The van der Waals surface area contributed by atoms with E-state index in [9.17, 15) is 8.42 Å². The quantitative estimate of drug-likeness (QED) is 0.774. The largest absolute Gasteiger partial charge is 0.380 e. The summed E-state index contributed by atoms with van der Waals surface area (Å²) in [5.41, 5.74) is 6.81.